The van der Waals surface area contributed by atoms with Gasteiger partial charge in [-0.15, -0.1) is 0 Å². The van der Waals surface area contributed by atoms with E-state index in [1.54, 1.807) is 12.3 Å². The summed E-state index contributed by atoms with van der Waals surface area (Å²) in [7, 11) is 0. The summed E-state index contributed by atoms with van der Waals surface area (Å²) in [5, 5.41) is 2.91. The zero-order valence-corrected chi connectivity index (χ0v) is 11.2. The molecule has 1 rings (SSSR count). The van der Waals surface area contributed by atoms with Crippen LogP contribution in [0.15, 0.2) is 12.3 Å². The van der Waals surface area contributed by atoms with Crippen molar-refractivity contribution in [2.24, 2.45) is 11.7 Å². The average molecular weight is 252 g/mol. The van der Waals surface area contributed by atoms with E-state index in [2.05, 4.69) is 15.3 Å². The molecule has 0 saturated heterocycles. The van der Waals surface area contributed by atoms with Crippen LogP contribution in [0.3, 0.4) is 0 Å². The summed E-state index contributed by atoms with van der Waals surface area (Å²) in [5.74, 6) is 0.435. The predicted octanol–water partition coefficient (Wildman–Crippen LogP) is 1.19. The normalized spacial score (nSPS) is 12.6. The van der Waals surface area contributed by atoms with Gasteiger partial charge in [-0.25, -0.2) is 4.98 Å². The predicted molar refractivity (Wildman–Crippen MR) is 69.2 cm³/mol. The van der Waals surface area contributed by atoms with Gasteiger partial charge in [-0.05, 0) is 19.8 Å². The Morgan fingerprint density at radius 1 is 1.39 bits per heavy atom. The molecule has 0 radical (unpaired) electrons. The van der Waals surface area contributed by atoms with Gasteiger partial charge in [0, 0.05) is 12.3 Å². The smallest absolute Gasteiger partial charge is 0.240 e. The number of rotatable bonds is 6. The molecule has 0 aliphatic heterocycles. The molecule has 0 saturated carbocycles. The third-order valence-electron chi connectivity index (χ3n) is 2.24. The van der Waals surface area contributed by atoms with Crippen molar-refractivity contribution in [1.82, 2.24) is 9.97 Å². The average Bonchev–Trinajstić information content (AvgIpc) is 2.24. The van der Waals surface area contributed by atoms with Crippen LogP contribution in [0, 0.1) is 5.92 Å². The molecule has 0 aliphatic carbocycles. The van der Waals surface area contributed by atoms with Crippen LogP contribution in [0.2, 0.25) is 0 Å². The minimum Gasteiger partial charge on any atom is -0.475 e. The highest BCUT2D eigenvalue weighted by molar-refractivity contribution is 5.82. The molecule has 1 atom stereocenters. The molecule has 1 heterocycles. The van der Waals surface area contributed by atoms with Crippen molar-refractivity contribution in [3.05, 3.63) is 12.3 Å². The second-order valence-corrected chi connectivity index (χ2v) is 4.65. The third-order valence-corrected chi connectivity index (χ3v) is 2.24. The molecule has 0 aromatic carbocycles. The molecule has 0 fully saturated rings. The van der Waals surface area contributed by atoms with Crippen LogP contribution in [0.4, 0.5) is 5.95 Å². The summed E-state index contributed by atoms with van der Waals surface area (Å²) in [6, 6.07) is 1.17. The minimum atomic E-state index is -0.501. The molecule has 1 amide bonds. The maximum atomic E-state index is 11.3. The van der Waals surface area contributed by atoms with Crippen LogP contribution in [0.25, 0.3) is 0 Å². The van der Waals surface area contributed by atoms with Gasteiger partial charge >= 0.3 is 0 Å². The monoisotopic (exact) mass is 252 g/mol. The molecule has 100 valence electrons. The Morgan fingerprint density at radius 3 is 2.56 bits per heavy atom. The van der Waals surface area contributed by atoms with Crippen molar-refractivity contribution < 1.29 is 9.53 Å². The highest BCUT2D eigenvalue weighted by Gasteiger charge is 2.20. The van der Waals surface area contributed by atoms with Gasteiger partial charge in [-0.2, -0.15) is 4.98 Å². The first kappa shape index (κ1) is 14.2. The first-order valence-electron chi connectivity index (χ1n) is 5.95. The molecule has 1 unspecified atom stereocenters. The van der Waals surface area contributed by atoms with Gasteiger partial charge in [-0.1, -0.05) is 13.8 Å². The van der Waals surface area contributed by atoms with Crippen LogP contribution in [-0.4, -0.2) is 28.0 Å². The van der Waals surface area contributed by atoms with E-state index in [4.69, 9.17) is 10.5 Å². The van der Waals surface area contributed by atoms with Gasteiger partial charge in [0.15, 0.2) is 0 Å². The molecule has 0 aliphatic rings. The van der Waals surface area contributed by atoms with Crippen molar-refractivity contribution in [3.8, 4) is 5.88 Å². The van der Waals surface area contributed by atoms with E-state index in [9.17, 15) is 4.79 Å². The molecular weight excluding hydrogens is 232 g/mol. The largest absolute Gasteiger partial charge is 0.475 e. The lowest BCUT2D eigenvalue weighted by atomic mass is 10.0. The lowest BCUT2D eigenvalue weighted by Crippen LogP contribution is -2.40. The number of ether oxygens (including phenoxy) is 1. The standard InChI is InChI=1S/C12H20N4O2/c1-7(2)10(11(13)17)16-12-14-6-5-9(15-12)18-8(3)4/h5-8,10H,1-4H3,(H2,13,17)(H,14,15,16). The first-order valence-corrected chi connectivity index (χ1v) is 5.95. The summed E-state index contributed by atoms with van der Waals surface area (Å²) >= 11 is 0. The number of hydrogen-bond acceptors (Lipinski definition) is 5. The van der Waals surface area contributed by atoms with E-state index >= 15 is 0 Å². The Bertz CT molecular complexity index is 407. The molecule has 0 spiro atoms. The first-order chi connectivity index (χ1) is 8.40. The van der Waals surface area contributed by atoms with Crippen LogP contribution >= 0.6 is 0 Å². The molecule has 3 N–H and O–H groups in total. The SMILES string of the molecule is CC(C)Oc1ccnc(NC(C(N)=O)C(C)C)n1. The van der Waals surface area contributed by atoms with Crippen LogP contribution in [0.5, 0.6) is 5.88 Å². The highest BCUT2D eigenvalue weighted by atomic mass is 16.5. The number of carbonyl (C=O) groups excluding carboxylic acids is 1. The molecule has 6 nitrogen and oxygen atoms in total. The number of anilines is 1. The number of carbonyl (C=O) groups is 1. The van der Waals surface area contributed by atoms with Crippen LogP contribution in [-0.2, 0) is 4.79 Å². The Hall–Kier alpha value is -1.85. The number of nitrogens with zero attached hydrogens (tertiary/aromatic N) is 2. The van der Waals surface area contributed by atoms with E-state index in [-0.39, 0.29) is 12.0 Å². The maximum Gasteiger partial charge on any atom is 0.240 e. The Kier molecular flexibility index (Phi) is 4.88. The molecule has 6 heteroatoms. The third kappa shape index (κ3) is 4.20. The van der Waals surface area contributed by atoms with Crippen molar-refractivity contribution in [3.63, 3.8) is 0 Å². The zero-order chi connectivity index (χ0) is 13.7. The number of hydrogen-bond donors (Lipinski definition) is 2. The van der Waals surface area contributed by atoms with Gasteiger partial charge in [0.25, 0.3) is 0 Å². The quantitative estimate of drug-likeness (QED) is 0.793. The Morgan fingerprint density at radius 2 is 2.06 bits per heavy atom. The Balaban J connectivity index is 2.80. The lowest BCUT2D eigenvalue weighted by molar-refractivity contribution is -0.119. The second kappa shape index (κ2) is 6.18. The van der Waals surface area contributed by atoms with Crippen LogP contribution in [0.1, 0.15) is 27.7 Å². The number of nitrogens with two attached hydrogens (primary N) is 1. The van der Waals surface area contributed by atoms with Crippen molar-refractivity contribution >= 4 is 11.9 Å². The zero-order valence-electron chi connectivity index (χ0n) is 11.2. The van der Waals surface area contributed by atoms with E-state index in [1.807, 2.05) is 27.7 Å². The number of aromatic nitrogens is 2. The number of nitrogens with one attached hydrogen (secondary N) is 1. The fraction of sp³-hybridized carbons (Fsp3) is 0.583. The Labute approximate surface area is 107 Å². The van der Waals surface area contributed by atoms with Crippen LogP contribution < -0.4 is 15.8 Å². The second-order valence-electron chi connectivity index (χ2n) is 4.65. The van der Waals surface area contributed by atoms with Crippen molar-refractivity contribution in [2.75, 3.05) is 5.32 Å². The van der Waals surface area contributed by atoms with Crippen molar-refractivity contribution in [1.29, 1.82) is 0 Å². The molecule has 0 bridgehead atoms. The summed E-state index contributed by atoms with van der Waals surface area (Å²) in [4.78, 5) is 19.5. The topological polar surface area (TPSA) is 90.1 Å². The fourth-order valence-corrected chi connectivity index (χ4v) is 1.42. The molecular formula is C12H20N4O2. The summed E-state index contributed by atoms with van der Waals surface area (Å²) in [6.07, 6.45) is 1.61. The number of primary amides is 1. The summed E-state index contributed by atoms with van der Waals surface area (Å²) < 4.78 is 5.45. The van der Waals surface area contributed by atoms with Gasteiger partial charge in [0.2, 0.25) is 17.7 Å². The lowest BCUT2D eigenvalue weighted by Gasteiger charge is -2.19. The number of amides is 1. The van der Waals surface area contributed by atoms with Gasteiger partial charge in [0.05, 0.1) is 6.10 Å². The van der Waals surface area contributed by atoms with E-state index < -0.39 is 11.9 Å². The van der Waals surface area contributed by atoms with Gasteiger partial charge in [0.1, 0.15) is 6.04 Å². The minimum absolute atomic E-state index is 0.0322. The van der Waals surface area contributed by atoms with E-state index in [1.165, 1.54) is 0 Å². The van der Waals surface area contributed by atoms with E-state index in [0.717, 1.165) is 0 Å². The highest BCUT2D eigenvalue weighted by Crippen LogP contribution is 2.13. The fourth-order valence-electron chi connectivity index (χ4n) is 1.42. The summed E-state index contributed by atoms with van der Waals surface area (Å²) in [5.41, 5.74) is 5.32. The van der Waals surface area contributed by atoms with Gasteiger partial charge in [-0.3, -0.25) is 4.79 Å². The summed E-state index contributed by atoms with van der Waals surface area (Å²) in [6.45, 7) is 7.62. The maximum absolute atomic E-state index is 11.3. The molecule has 1 aromatic heterocycles. The van der Waals surface area contributed by atoms with Crippen molar-refractivity contribution in [2.45, 2.75) is 39.8 Å². The van der Waals surface area contributed by atoms with E-state index in [0.29, 0.717) is 11.8 Å². The molecule has 1 aromatic rings. The molecule has 18 heavy (non-hydrogen) atoms. The van der Waals surface area contributed by atoms with Gasteiger partial charge < -0.3 is 15.8 Å².